The van der Waals surface area contributed by atoms with E-state index >= 15 is 0 Å². The zero-order valence-electron chi connectivity index (χ0n) is 9.00. The Kier molecular flexibility index (Phi) is 4.17. The summed E-state index contributed by atoms with van der Waals surface area (Å²) >= 11 is 2.24. The highest BCUT2D eigenvalue weighted by Gasteiger charge is 2.20. The quantitative estimate of drug-likeness (QED) is 0.813. The molecule has 0 aliphatic heterocycles. The van der Waals surface area contributed by atoms with Gasteiger partial charge in [-0.2, -0.15) is 0 Å². The molecule has 0 spiro atoms. The van der Waals surface area contributed by atoms with Crippen LogP contribution in [0.15, 0.2) is 24.3 Å². The summed E-state index contributed by atoms with van der Waals surface area (Å²) in [5, 5.41) is 6.02. The maximum Gasteiger partial charge on any atom is 0.238 e. The molecule has 1 fully saturated rings. The van der Waals surface area contributed by atoms with Crippen LogP contribution in [0.3, 0.4) is 0 Å². The summed E-state index contributed by atoms with van der Waals surface area (Å²) in [6, 6.07) is 7.79. The number of hydrogen-bond acceptors (Lipinski definition) is 2. The smallest absolute Gasteiger partial charge is 0.238 e. The van der Waals surface area contributed by atoms with Gasteiger partial charge in [0.05, 0.1) is 6.54 Å². The second-order valence-corrected chi connectivity index (χ2v) is 5.37. The van der Waals surface area contributed by atoms with Crippen LogP contribution >= 0.6 is 22.6 Å². The van der Waals surface area contributed by atoms with Gasteiger partial charge in [-0.25, -0.2) is 0 Å². The topological polar surface area (TPSA) is 41.1 Å². The second-order valence-electron chi connectivity index (χ2n) is 4.13. The van der Waals surface area contributed by atoms with E-state index in [0.717, 1.165) is 18.2 Å². The summed E-state index contributed by atoms with van der Waals surface area (Å²) in [6.45, 7) is 1.38. The molecule has 0 radical (unpaired) electrons. The lowest BCUT2D eigenvalue weighted by atomic mass is 10.3. The Morgan fingerprint density at radius 1 is 1.31 bits per heavy atom. The van der Waals surface area contributed by atoms with Crippen molar-refractivity contribution < 1.29 is 4.79 Å². The maximum atomic E-state index is 11.5. The third-order valence-electron chi connectivity index (χ3n) is 2.54. The van der Waals surface area contributed by atoms with Crippen LogP contribution in [0.2, 0.25) is 0 Å². The third-order valence-corrected chi connectivity index (χ3v) is 3.26. The molecular formula is C12H15IN2O. The van der Waals surface area contributed by atoms with Crippen molar-refractivity contribution in [3.8, 4) is 0 Å². The van der Waals surface area contributed by atoms with E-state index in [2.05, 4.69) is 33.2 Å². The van der Waals surface area contributed by atoms with E-state index in [9.17, 15) is 4.79 Å². The molecule has 1 saturated carbocycles. The summed E-state index contributed by atoms with van der Waals surface area (Å²) in [7, 11) is 0. The van der Waals surface area contributed by atoms with Crippen molar-refractivity contribution in [1.29, 1.82) is 0 Å². The molecule has 86 valence electrons. The first-order valence-electron chi connectivity index (χ1n) is 5.50. The van der Waals surface area contributed by atoms with Crippen LogP contribution in [0.4, 0.5) is 5.69 Å². The van der Waals surface area contributed by atoms with Crippen molar-refractivity contribution in [2.45, 2.75) is 12.8 Å². The minimum Gasteiger partial charge on any atom is -0.325 e. The summed E-state index contributed by atoms with van der Waals surface area (Å²) in [5.74, 6) is 0.841. The van der Waals surface area contributed by atoms with Crippen molar-refractivity contribution in [1.82, 2.24) is 5.32 Å². The van der Waals surface area contributed by atoms with Crippen molar-refractivity contribution >= 4 is 34.2 Å². The Balaban J connectivity index is 1.70. The predicted octanol–water partition coefficient (Wildman–Crippen LogP) is 2.23. The van der Waals surface area contributed by atoms with E-state index in [1.165, 1.54) is 16.4 Å². The summed E-state index contributed by atoms with van der Waals surface area (Å²) < 4.78 is 1.17. The Hall–Kier alpha value is -0.620. The minimum absolute atomic E-state index is 0.0295. The minimum atomic E-state index is 0.0295. The fraction of sp³-hybridized carbons (Fsp3) is 0.417. The lowest BCUT2D eigenvalue weighted by molar-refractivity contribution is -0.115. The Morgan fingerprint density at radius 3 is 2.62 bits per heavy atom. The van der Waals surface area contributed by atoms with Gasteiger partial charge >= 0.3 is 0 Å². The average Bonchev–Trinajstić information content (AvgIpc) is 3.05. The molecule has 0 heterocycles. The normalized spacial score (nSPS) is 14.8. The first-order valence-corrected chi connectivity index (χ1v) is 6.58. The first kappa shape index (κ1) is 11.9. The molecule has 4 heteroatoms. The summed E-state index contributed by atoms with van der Waals surface area (Å²) in [4.78, 5) is 11.5. The van der Waals surface area contributed by atoms with Gasteiger partial charge in [0.1, 0.15) is 0 Å². The lowest BCUT2D eigenvalue weighted by Gasteiger charge is -2.06. The standard InChI is InChI=1S/C12H15IN2O/c13-10-3-5-11(6-4-10)15-12(16)8-14-7-9-1-2-9/h3-6,9,14H,1-2,7-8H2,(H,15,16). The van der Waals surface area contributed by atoms with Crippen molar-refractivity contribution in [3.63, 3.8) is 0 Å². The van der Waals surface area contributed by atoms with E-state index in [-0.39, 0.29) is 5.91 Å². The van der Waals surface area contributed by atoms with E-state index in [4.69, 9.17) is 0 Å². The van der Waals surface area contributed by atoms with Gasteiger partial charge in [0.25, 0.3) is 0 Å². The molecule has 0 atom stereocenters. The average molecular weight is 330 g/mol. The molecule has 16 heavy (non-hydrogen) atoms. The number of halogens is 1. The molecule has 2 rings (SSSR count). The van der Waals surface area contributed by atoms with E-state index in [0.29, 0.717) is 6.54 Å². The van der Waals surface area contributed by atoms with Crippen LogP contribution in [-0.2, 0) is 4.79 Å². The second kappa shape index (κ2) is 5.63. The van der Waals surface area contributed by atoms with E-state index in [1.54, 1.807) is 0 Å². The molecule has 1 aliphatic carbocycles. The molecule has 0 aromatic heterocycles. The first-order chi connectivity index (χ1) is 7.74. The summed E-state index contributed by atoms with van der Waals surface area (Å²) in [5.41, 5.74) is 0.860. The molecule has 0 bridgehead atoms. The highest BCUT2D eigenvalue weighted by Crippen LogP contribution is 2.27. The van der Waals surface area contributed by atoms with Gasteiger partial charge in [-0.05, 0) is 72.2 Å². The van der Waals surface area contributed by atoms with Gasteiger partial charge in [-0.1, -0.05) is 0 Å². The lowest BCUT2D eigenvalue weighted by Crippen LogP contribution is -2.29. The van der Waals surface area contributed by atoms with Crippen LogP contribution in [-0.4, -0.2) is 19.0 Å². The van der Waals surface area contributed by atoms with Gasteiger partial charge in [0.15, 0.2) is 0 Å². The molecule has 3 nitrogen and oxygen atoms in total. The summed E-state index contributed by atoms with van der Waals surface area (Å²) in [6.07, 6.45) is 2.62. The highest BCUT2D eigenvalue weighted by molar-refractivity contribution is 14.1. The number of anilines is 1. The Morgan fingerprint density at radius 2 is 2.00 bits per heavy atom. The van der Waals surface area contributed by atoms with Crippen LogP contribution < -0.4 is 10.6 Å². The molecule has 2 N–H and O–H groups in total. The van der Waals surface area contributed by atoms with Crippen LogP contribution in [0, 0.1) is 9.49 Å². The molecule has 0 unspecified atom stereocenters. The number of rotatable bonds is 5. The molecule has 1 aromatic rings. The maximum absolute atomic E-state index is 11.5. The SMILES string of the molecule is O=C(CNCC1CC1)Nc1ccc(I)cc1. The fourth-order valence-electron chi connectivity index (χ4n) is 1.45. The number of carbonyl (C=O) groups is 1. The van der Waals surface area contributed by atoms with E-state index < -0.39 is 0 Å². The van der Waals surface area contributed by atoms with Gasteiger partial charge in [0.2, 0.25) is 5.91 Å². The van der Waals surface area contributed by atoms with Crippen LogP contribution in [0.5, 0.6) is 0 Å². The number of amides is 1. The predicted molar refractivity (Wildman–Crippen MR) is 73.4 cm³/mol. The number of nitrogens with one attached hydrogen (secondary N) is 2. The van der Waals surface area contributed by atoms with E-state index in [1.807, 2.05) is 24.3 Å². The Bertz CT molecular complexity index is 360. The van der Waals surface area contributed by atoms with Gasteiger partial charge in [-0.15, -0.1) is 0 Å². The molecule has 1 amide bonds. The van der Waals surface area contributed by atoms with Crippen molar-refractivity contribution in [2.75, 3.05) is 18.4 Å². The largest absolute Gasteiger partial charge is 0.325 e. The van der Waals surface area contributed by atoms with Gasteiger partial charge in [-0.3, -0.25) is 4.79 Å². The van der Waals surface area contributed by atoms with Crippen LogP contribution in [0.25, 0.3) is 0 Å². The fourth-order valence-corrected chi connectivity index (χ4v) is 1.81. The Labute approximate surface area is 109 Å². The van der Waals surface area contributed by atoms with Crippen molar-refractivity contribution in [2.24, 2.45) is 5.92 Å². The van der Waals surface area contributed by atoms with Gasteiger partial charge in [0, 0.05) is 9.26 Å². The van der Waals surface area contributed by atoms with Crippen LogP contribution in [0.1, 0.15) is 12.8 Å². The number of hydrogen-bond donors (Lipinski definition) is 2. The zero-order chi connectivity index (χ0) is 11.4. The van der Waals surface area contributed by atoms with Crippen molar-refractivity contribution in [3.05, 3.63) is 27.8 Å². The van der Waals surface area contributed by atoms with Gasteiger partial charge < -0.3 is 10.6 Å². The number of carbonyl (C=O) groups excluding carboxylic acids is 1. The molecular weight excluding hydrogens is 315 g/mol. The molecule has 1 aromatic carbocycles. The monoisotopic (exact) mass is 330 g/mol. The zero-order valence-corrected chi connectivity index (χ0v) is 11.2. The molecule has 0 saturated heterocycles. The third kappa shape index (κ3) is 4.09. The number of benzene rings is 1. The highest BCUT2D eigenvalue weighted by atomic mass is 127. The molecule has 1 aliphatic rings.